The number of nitrogens with zero attached hydrogens (tertiary/aromatic N) is 1. The van der Waals surface area contributed by atoms with Gasteiger partial charge >= 0.3 is 0 Å². The molecule has 1 aromatic heterocycles. The standard InChI is InChI=1S/C13H14BrNO2S/c1-8-7-18-13(15-8)6-11(16)10-4-3-9(14)5-12(10)17-2/h3-5,7,11,16H,6H2,1-2H3. The van der Waals surface area contributed by atoms with Gasteiger partial charge < -0.3 is 9.84 Å². The van der Waals surface area contributed by atoms with E-state index in [1.165, 1.54) is 0 Å². The molecule has 0 fully saturated rings. The number of methoxy groups -OCH3 is 1. The molecule has 0 saturated heterocycles. The zero-order chi connectivity index (χ0) is 13.1. The lowest BCUT2D eigenvalue weighted by Crippen LogP contribution is -2.04. The minimum atomic E-state index is -0.599. The molecular formula is C13H14BrNO2S. The van der Waals surface area contributed by atoms with Crippen molar-refractivity contribution in [2.45, 2.75) is 19.4 Å². The summed E-state index contributed by atoms with van der Waals surface area (Å²) in [4.78, 5) is 4.36. The van der Waals surface area contributed by atoms with Crippen LogP contribution in [0.4, 0.5) is 0 Å². The minimum Gasteiger partial charge on any atom is -0.496 e. The number of hydrogen-bond donors (Lipinski definition) is 1. The van der Waals surface area contributed by atoms with Gasteiger partial charge in [-0.3, -0.25) is 0 Å². The number of rotatable bonds is 4. The Labute approximate surface area is 119 Å². The van der Waals surface area contributed by atoms with E-state index in [4.69, 9.17) is 4.74 Å². The van der Waals surface area contributed by atoms with Crippen molar-refractivity contribution in [2.24, 2.45) is 0 Å². The van der Waals surface area contributed by atoms with Gasteiger partial charge in [0.1, 0.15) is 5.75 Å². The number of aryl methyl sites for hydroxylation is 1. The van der Waals surface area contributed by atoms with Crippen molar-refractivity contribution in [3.8, 4) is 5.75 Å². The predicted octanol–water partition coefficient (Wildman–Crippen LogP) is 3.50. The van der Waals surface area contributed by atoms with E-state index in [0.29, 0.717) is 12.2 Å². The molecule has 2 rings (SSSR count). The molecule has 5 heteroatoms. The zero-order valence-corrected chi connectivity index (χ0v) is 12.6. The second kappa shape index (κ2) is 5.82. The second-order valence-corrected chi connectivity index (χ2v) is 5.85. The molecule has 0 aliphatic heterocycles. The highest BCUT2D eigenvalue weighted by atomic mass is 79.9. The first-order valence-corrected chi connectivity index (χ1v) is 7.20. The van der Waals surface area contributed by atoms with Crippen LogP contribution in [0.5, 0.6) is 5.75 Å². The Hall–Kier alpha value is -0.910. The van der Waals surface area contributed by atoms with Gasteiger partial charge in [0.15, 0.2) is 0 Å². The highest BCUT2D eigenvalue weighted by molar-refractivity contribution is 9.10. The average molecular weight is 328 g/mol. The van der Waals surface area contributed by atoms with Gasteiger partial charge in [-0.2, -0.15) is 0 Å². The zero-order valence-electron chi connectivity index (χ0n) is 10.2. The van der Waals surface area contributed by atoms with Gasteiger partial charge in [0.25, 0.3) is 0 Å². The normalized spacial score (nSPS) is 12.4. The summed E-state index contributed by atoms with van der Waals surface area (Å²) in [6, 6.07) is 5.62. The molecule has 96 valence electrons. The van der Waals surface area contributed by atoms with Crippen LogP contribution in [0.15, 0.2) is 28.1 Å². The van der Waals surface area contributed by atoms with Gasteiger partial charge in [-0.15, -0.1) is 11.3 Å². The molecule has 1 atom stereocenters. The third-order valence-corrected chi connectivity index (χ3v) is 4.07. The molecule has 0 amide bonds. The van der Waals surface area contributed by atoms with Crippen molar-refractivity contribution in [1.82, 2.24) is 4.98 Å². The van der Waals surface area contributed by atoms with Crippen LogP contribution in [-0.2, 0) is 6.42 Å². The van der Waals surface area contributed by atoms with Crippen LogP contribution < -0.4 is 4.74 Å². The number of thiazole rings is 1. The van der Waals surface area contributed by atoms with E-state index < -0.39 is 6.10 Å². The number of aliphatic hydroxyl groups is 1. The van der Waals surface area contributed by atoms with Gasteiger partial charge in [0.2, 0.25) is 0 Å². The largest absolute Gasteiger partial charge is 0.496 e. The number of halogens is 1. The predicted molar refractivity (Wildman–Crippen MR) is 76.2 cm³/mol. The van der Waals surface area contributed by atoms with Crippen molar-refractivity contribution >= 4 is 27.3 Å². The number of ether oxygens (including phenoxy) is 1. The number of hydrogen-bond acceptors (Lipinski definition) is 4. The summed E-state index contributed by atoms with van der Waals surface area (Å²) >= 11 is 4.95. The van der Waals surface area contributed by atoms with Crippen LogP contribution in [0.1, 0.15) is 22.4 Å². The molecule has 0 spiro atoms. The van der Waals surface area contributed by atoms with Gasteiger partial charge in [0, 0.05) is 27.5 Å². The van der Waals surface area contributed by atoms with E-state index in [-0.39, 0.29) is 0 Å². The maximum atomic E-state index is 10.3. The maximum absolute atomic E-state index is 10.3. The van der Waals surface area contributed by atoms with Crippen molar-refractivity contribution in [3.63, 3.8) is 0 Å². The van der Waals surface area contributed by atoms with Crippen molar-refractivity contribution in [3.05, 3.63) is 44.3 Å². The van der Waals surface area contributed by atoms with E-state index in [2.05, 4.69) is 20.9 Å². The maximum Gasteiger partial charge on any atom is 0.125 e. The van der Waals surface area contributed by atoms with Gasteiger partial charge in [-0.1, -0.05) is 22.0 Å². The first-order chi connectivity index (χ1) is 8.60. The Morgan fingerprint density at radius 3 is 2.89 bits per heavy atom. The topological polar surface area (TPSA) is 42.4 Å². The molecule has 1 aromatic carbocycles. The van der Waals surface area contributed by atoms with Crippen molar-refractivity contribution < 1.29 is 9.84 Å². The Bertz CT molecular complexity index is 542. The summed E-state index contributed by atoms with van der Waals surface area (Å²) in [6.07, 6.45) is -0.0881. The van der Waals surface area contributed by atoms with E-state index in [9.17, 15) is 5.11 Å². The summed E-state index contributed by atoms with van der Waals surface area (Å²) in [7, 11) is 1.60. The summed E-state index contributed by atoms with van der Waals surface area (Å²) in [6.45, 7) is 1.95. The van der Waals surface area contributed by atoms with E-state index in [0.717, 1.165) is 20.7 Å². The first-order valence-electron chi connectivity index (χ1n) is 5.52. The fourth-order valence-corrected chi connectivity index (χ4v) is 2.88. The van der Waals surface area contributed by atoms with Crippen molar-refractivity contribution in [1.29, 1.82) is 0 Å². The van der Waals surface area contributed by atoms with Crippen LogP contribution in [0.2, 0.25) is 0 Å². The van der Waals surface area contributed by atoms with E-state index >= 15 is 0 Å². The fourth-order valence-electron chi connectivity index (χ4n) is 1.73. The average Bonchev–Trinajstić information content (AvgIpc) is 2.74. The Morgan fingerprint density at radius 1 is 1.50 bits per heavy atom. The third kappa shape index (κ3) is 3.10. The molecule has 1 N–H and O–H groups in total. The van der Waals surface area contributed by atoms with Gasteiger partial charge in [0.05, 0.1) is 18.2 Å². The molecule has 1 heterocycles. The molecule has 0 saturated carbocycles. The number of benzene rings is 1. The van der Waals surface area contributed by atoms with Gasteiger partial charge in [-0.05, 0) is 19.1 Å². The molecule has 0 bridgehead atoms. The molecule has 3 nitrogen and oxygen atoms in total. The lowest BCUT2D eigenvalue weighted by atomic mass is 10.1. The highest BCUT2D eigenvalue weighted by Gasteiger charge is 2.15. The Balaban J connectivity index is 2.20. The monoisotopic (exact) mass is 327 g/mol. The molecule has 18 heavy (non-hydrogen) atoms. The van der Waals surface area contributed by atoms with Crippen molar-refractivity contribution in [2.75, 3.05) is 7.11 Å². The summed E-state index contributed by atoms with van der Waals surface area (Å²) in [5.41, 5.74) is 1.78. The third-order valence-electron chi connectivity index (χ3n) is 2.59. The SMILES string of the molecule is COc1cc(Br)ccc1C(O)Cc1nc(C)cs1. The number of aliphatic hydroxyl groups excluding tert-OH is 1. The Morgan fingerprint density at radius 2 is 2.28 bits per heavy atom. The molecule has 2 aromatic rings. The first kappa shape index (κ1) is 13.5. The fraction of sp³-hybridized carbons (Fsp3) is 0.308. The molecule has 1 unspecified atom stereocenters. The lowest BCUT2D eigenvalue weighted by Gasteiger charge is -2.14. The van der Waals surface area contributed by atoms with Crippen LogP contribution in [0.25, 0.3) is 0 Å². The summed E-state index contributed by atoms with van der Waals surface area (Å²) in [5.74, 6) is 0.685. The Kier molecular flexibility index (Phi) is 4.37. The van der Waals surface area contributed by atoms with E-state index in [1.807, 2.05) is 30.5 Å². The smallest absolute Gasteiger partial charge is 0.125 e. The summed E-state index contributed by atoms with van der Waals surface area (Å²) < 4.78 is 6.21. The highest BCUT2D eigenvalue weighted by Crippen LogP contribution is 2.30. The number of aromatic nitrogens is 1. The van der Waals surface area contributed by atoms with E-state index in [1.54, 1.807) is 18.4 Å². The molecular weight excluding hydrogens is 314 g/mol. The van der Waals surface area contributed by atoms with Crippen LogP contribution in [-0.4, -0.2) is 17.2 Å². The lowest BCUT2D eigenvalue weighted by molar-refractivity contribution is 0.174. The summed E-state index contributed by atoms with van der Waals surface area (Å²) in [5, 5.41) is 13.2. The second-order valence-electron chi connectivity index (χ2n) is 3.99. The van der Waals surface area contributed by atoms with Crippen LogP contribution in [0.3, 0.4) is 0 Å². The molecule has 0 aliphatic rings. The quantitative estimate of drug-likeness (QED) is 0.934. The van der Waals surface area contributed by atoms with Crippen LogP contribution in [0, 0.1) is 6.92 Å². The molecule has 0 radical (unpaired) electrons. The van der Waals surface area contributed by atoms with Gasteiger partial charge in [-0.25, -0.2) is 4.98 Å². The molecule has 0 aliphatic carbocycles. The minimum absolute atomic E-state index is 0.510. The van der Waals surface area contributed by atoms with Crippen LogP contribution >= 0.6 is 27.3 Å².